The van der Waals surface area contributed by atoms with Gasteiger partial charge >= 0.3 is 0 Å². The molecule has 2 aromatic rings. The lowest BCUT2D eigenvalue weighted by molar-refractivity contribution is 0.103. The highest BCUT2D eigenvalue weighted by Gasteiger charge is 2.23. The van der Waals surface area contributed by atoms with Gasteiger partial charge in [-0.25, -0.2) is 17.6 Å². The summed E-state index contributed by atoms with van der Waals surface area (Å²) in [6.07, 6.45) is 0. The summed E-state index contributed by atoms with van der Waals surface area (Å²) >= 11 is 0. The van der Waals surface area contributed by atoms with Gasteiger partial charge in [0.15, 0.2) is 5.78 Å². The average molecular weight is 282 g/mol. The second-order valence-corrected chi connectivity index (χ2v) is 4.49. The van der Waals surface area contributed by atoms with Crippen LogP contribution in [0.1, 0.15) is 27.0 Å². The van der Waals surface area contributed by atoms with Crippen LogP contribution >= 0.6 is 0 Å². The van der Waals surface area contributed by atoms with Crippen molar-refractivity contribution in [2.75, 3.05) is 0 Å². The van der Waals surface area contributed by atoms with E-state index < -0.39 is 34.6 Å². The second kappa shape index (κ2) is 5.07. The number of carbonyl (C=O) groups excluding carboxylic acids is 1. The van der Waals surface area contributed by atoms with Gasteiger partial charge in [0.05, 0.1) is 5.56 Å². The predicted molar refractivity (Wildman–Crippen MR) is 65.6 cm³/mol. The van der Waals surface area contributed by atoms with E-state index in [0.29, 0.717) is 12.1 Å². The monoisotopic (exact) mass is 282 g/mol. The molecule has 0 fully saturated rings. The van der Waals surface area contributed by atoms with Gasteiger partial charge in [-0.3, -0.25) is 4.79 Å². The Morgan fingerprint density at radius 2 is 1.15 bits per heavy atom. The molecule has 5 heteroatoms. The number of rotatable bonds is 2. The van der Waals surface area contributed by atoms with E-state index in [9.17, 15) is 22.4 Å². The molecule has 0 heterocycles. The van der Waals surface area contributed by atoms with Crippen LogP contribution in [0.5, 0.6) is 0 Å². The van der Waals surface area contributed by atoms with Crippen LogP contribution in [0.2, 0.25) is 0 Å². The van der Waals surface area contributed by atoms with Gasteiger partial charge in [0.25, 0.3) is 0 Å². The minimum Gasteiger partial charge on any atom is -0.288 e. The first kappa shape index (κ1) is 14.2. The molecular formula is C15H10F4O. The van der Waals surface area contributed by atoms with Crippen LogP contribution in [-0.2, 0) is 0 Å². The Morgan fingerprint density at radius 3 is 1.60 bits per heavy atom. The average Bonchev–Trinajstić information content (AvgIpc) is 2.25. The molecular weight excluding hydrogens is 272 g/mol. The summed E-state index contributed by atoms with van der Waals surface area (Å²) in [6, 6.07) is 3.06. The van der Waals surface area contributed by atoms with E-state index in [1.165, 1.54) is 13.8 Å². The highest BCUT2D eigenvalue weighted by atomic mass is 19.1. The topological polar surface area (TPSA) is 17.1 Å². The summed E-state index contributed by atoms with van der Waals surface area (Å²) in [7, 11) is 0. The number of carbonyl (C=O) groups is 1. The van der Waals surface area contributed by atoms with Gasteiger partial charge < -0.3 is 0 Å². The summed E-state index contributed by atoms with van der Waals surface area (Å²) in [5.41, 5.74) is -0.314. The lowest BCUT2D eigenvalue weighted by Crippen LogP contribution is -2.12. The largest absolute Gasteiger partial charge is 0.288 e. The molecule has 1 nitrogen and oxygen atoms in total. The lowest BCUT2D eigenvalue weighted by Gasteiger charge is -2.10. The van der Waals surface area contributed by atoms with Crippen molar-refractivity contribution < 1.29 is 22.4 Å². The third-order valence-electron chi connectivity index (χ3n) is 2.96. The fourth-order valence-corrected chi connectivity index (χ4v) is 2.15. The first-order valence-corrected chi connectivity index (χ1v) is 5.77. The van der Waals surface area contributed by atoms with Gasteiger partial charge in [0, 0.05) is 17.7 Å². The number of aryl methyl sites for hydroxylation is 2. The van der Waals surface area contributed by atoms with Crippen LogP contribution in [0.4, 0.5) is 17.6 Å². The van der Waals surface area contributed by atoms with Crippen molar-refractivity contribution >= 4 is 5.78 Å². The Labute approximate surface area is 112 Å². The minimum atomic E-state index is -1.28. The summed E-state index contributed by atoms with van der Waals surface area (Å²) in [6.45, 7) is 2.92. The van der Waals surface area contributed by atoms with Gasteiger partial charge in [-0.15, -0.1) is 0 Å². The maximum Gasteiger partial charge on any atom is 0.199 e. The number of ketones is 1. The summed E-state index contributed by atoms with van der Waals surface area (Å²) in [4.78, 5) is 12.2. The number of benzene rings is 2. The van der Waals surface area contributed by atoms with Crippen LogP contribution in [0.25, 0.3) is 0 Å². The fourth-order valence-electron chi connectivity index (χ4n) is 2.15. The molecule has 0 aliphatic carbocycles. The highest BCUT2D eigenvalue weighted by Crippen LogP contribution is 2.23. The number of hydrogen-bond donors (Lipinski definition) is 0. The molecule has 0 radical (unpaired) electrons. The normalized spacial score (nSPS) is 10.7. The SMILES string of the molecule is Cc1cc(F)cc(C)c1C(=O)c1c(F)cc(F)cc1F. The number of hydrogen-bond acceptors (Lipinski definition) is 1. The summed E-state index contributed by atoms with van der Waals surface area (Å²) in [5, 5.41) is 0. The van der Waals surface area contributed by atoms with Gasteiger partial charge in [-0.05, 0) is 37.1 Å². The quantitative estimate of drug-likeness (QED) is 0.599. The second-order valence-electron chi connectivity index (χ2n) is 4.49. The van der Waals surface area contributed by atoms with Crippen molar-refractivity contribution in [2.24, 2.45) is 0 Å². The maximum atomic E-state index is 13.6. The Bertz CT molecular complexity index is 602. The molecule has 0 aliphatic rings. The molecule has 0 amide bonds. The Balaban J connectivity index is 2.64. The Kier molecular flexibility index (Phi) is 3.61. The van der Waals surface area contributed by atoms with Crippen LogP contribution in [0.3, 0.4) is 0 Å². The van der Waals surface area contributed by atoms with Crippen molar-refractivity contribution in [3.8, 4) is 0 Å². The van der Waals surface area contributed by atoms with Crippen molar-refractivity contribution in [1.29, 1.82) is 0 Å². The molecule has 0 spiro atoms. The number of halogens is 4. The standard InChI is InChI=1S/C15H10F4O/c1-7-3-9(16)4-8(2)13(7)15(20)14-11(18)5-10(17)6-12(14)19/h3-6H,1-2H3. The zero-order valence-corrected chi connectivity index (χ0v) is 10.7. The molecule has 0 aliphatic heterocycles. The highest BCUT2D eigenvalue weighted by molar-refractivity contribution is 6.11. The van der Waals surface area contributed by atoms with Crippen molar-refractivity contribution in [3.63, 3.8) is 0 Å². The molecule has 0 unspecified atom stereocenters. The van der Waals surface area contributed by atoms with Crippen molar-refractivity contribution in [1.82, 2.24) is 0 Å². The van der Waals surface area contributed by atoms with Crippen LogP contribution in [0, 0.1) is 37.1 Å². The zero-order valence-electron chi connectivity index (χ0n) is 10.7. The van der Waals surface area contributed by atoms with E-state index in [4.69, 9.17) is 0 Å². The fraction of sp³-hybridized carbons (Fsp3) is 0.133. The molecule has 0 bridgehead atoms. The molecule has 104 valence electrons. The molecule has 0 saturated heterocycles. The molecule has 0 aromatic heterocycles. The van der Waals surface area contributed by atoms with Gasteiger partial charge in [-0.1, -0.05) is 0 Å². The van der Waals surface area contributed by atoms with Crippen LogP contribution in [-0.4, -0.2) is 5.78 Å². The summed E-state index contributed by atoms with van der Waals surface area (Å²) in [5.74, 6) is -5.15. The van der Waals surface area contributed by atoms with Gasteiger partial charge in [0.2, 0.25) is 0 Å². The molecule has 0 N–H and O–H groups in total. The third kappa shape index (κ3) is 2.43. The van der Waals surface area contributed by atoms with E-state index in [0.717, 1.165) is 12.1 Å². The first-order chi connectivity index (χ1) is 9.31. The first-order valence-electron chi connectivity index (χ1n) is 5.77. The Hall–Kier alpha value is -2.17. The van der Waals surface area contributed by atoms with Crippen LogP contribution < -0.4 is 0 Å². The van der Waals surface area contributed by atoms with Crippen LogP contribution in [0.15, 0.2) is 24.3 Å². The van der Waals surface area contributed by atoms with Gasteiger partial charge in [-0.2, -0.15) is 0 Å². The molecule has 0 atom stereocenters. The maximum absolute atomic E-state index is 13.6. The lowest BCUT2D eigenvalue weighted by atomic mass is 9.94. The van der Waals surface area contributed by atoms with E-state index in [1.54, 1.807) is 0 Å². The molecule has 2 rings (SSSR count). The van der Waals surface area contributed by atoms with E-state index in [-0.39, 0.29) is 16.7 Å². The third-order valence-corrected chi connectivity index (χ3v) is 2.96. The minimum absolute atomic E-state index is 0.0100. The molecule has 2 aromatic carbocycles. The molecule has 20 heavy (non-hydrogen) atoms. The van der Waals surface area contributed by atoms with Crippen molar-refractivity contribution in [3.05, 3.63) is 69.8 Å². The van der Waals surface area contributed by atoms with E-state index in [2.05, 4.69) is 0 Å². The molecule has 0 saturated carbocycles. The summed E-state index contributed by atoms with van der Waals surface area (Å²) < 4.78 is 53.3. The van der Waals surface area contributed by atoms with E-state index in [1.807, 2.05) is 0 Å². The zero-order chi connectivity index (χ0) is 15.0. The van der Waals surface area contributed by atoms with Gasteiger partial charge in [0.1, 0.15) is 23.3 Å². The smallest absolute Gasteiger partial charge is 0.199 e. The van der Waals surface area contributed by atoms with E-state index >= 15 is 0 Å². The predicted octanol–water partition coefficient (Wildman–Crippen LogP) is 4.09. The van der Waals surface area contributed by atoms with Crippen molar-refractivity contribution in [2.45, 2.75) is 13.8 Å². The Morgan fingerprint density at radius 1 is 0.750 bits per heavy atom.